The first-order chi connectivity index (χ1) is 8.54. The van der Waals surface area contributed by atoms with Crippen molar-refractivity contribution in [1.82, 2.24) is 0 Å². The smallest absolute Gasteiger partial charge is 0.334 e. The maximum absolute atomic E-state index is 11.1. The molecule has 1 N–H and O–H groups in total. The van der Waals surface area contributed by atoms with E-state index in [4.69, 9.17) is 27.9 Å². The zero-order valence-corrected chi connectivity index (χ0v) is 10.8. The third-order valence-electron chi connectivity index (χ3n) is 2.42. The Labute approximate surface area is 114 Å². The van der Waals surface area contributed by atoms with Gasteiger partial charge in [0.15, 0.2) is 0 Å². The van der Waals surface area contributed by atoms with E-state index in [-0.39, 0.29) is 12.2 Å². The van der Waals surface area contributed by atoms with Crippen LogP contribution in [0.25, 0.3) is 6.08 Å². The Balaban J connectivity index is 2.12. The summed E-state index contributed by atoms with van der Waals surface area (Å²) in [6.45, 7) is 0. The minimum atomic E-state index is -0.546. The molecule has 1 aliphatic rings. The van der Waals surface area contributed by atoms with Gasteiger partial charge < -0.3 is 9.84 Å². The summed E-state index contributed by atoms with van der Waals surface area (Å²) in [5, 5.41) is 10.4. The molecule has 0 saturated carbocycles. The van der Waals surface area contributed by atoms with Crippen LogP contribution in [-0.2, 0) is 9.53 Å². The highest BCUT2D eigenvalue weighted by Crippen LogP contribution is 2.23. The SMILES string of the molecule is O=C1C=C(O)CC(/C=C/c2ccc(Cl)cc2Cl)O1. The van der Waals surface area contributed by atoms with E-state index in [2.05, 4.69) is 0 Å². The molecule has 1 atom stereocenters. The van der Waals surface area contributed by atoms with Crippen molar-refractivity contribution in [3.05, 3.63) is 51.7 Å². The molecule has 1 aromatic rings. The maximum atomic E-state index is 11.1. The molecule has 0 radical (unpaired) electrons. The second-order valence-corrected chi connectivity index (χ2v) is 4.68. The number of ether oxygens (including phenoxy) is 1. The number of halogens is 2. The first kappa shape index (κ1) is 13.0. The number of hydrogen-bond acceptors (Lipinski definition) is 3. The summed E-state index contributed by atoms with van der Waals surface area (Å²) in [6.07, 6.45) is 4.27. The Bertz CT molecular complexity index is 535. The van der Waals surface area contributed by atoms with E-state index < -0.39 is 12.1 Å². The molecule has 2 rings (SSSR count). The molecule has 0 fully saturated rings. The number of aliphatic hydroxyl groups excluding tert-OH is 1. The molecule has 0 saturated heterocycles. The molecule has 18 heavy (non-hydrogen) atoms. The van der Waals surface area contributed by atoms with E-state index in [1.165, 1.54) is 0 Å². The number of rotatable bonds is 2. The fourth-order valence-electron chi connectivity index (χ4n) is 1.58. The lowest BCUT2D eigenvalue weighted by molar-refractivity contribution is -0.142. The van der Waals surface area contributed by atoms with Gasteiger partial charge in [0.25, 0.3) is 0 Å². The van der Waals surface area contributed by atoms with Crippen molar-refractivity contribution in [3.63, 3.8) is 0 Å². The molecule has 5 heteroatoms. The predicted octanol–water partition coefficient (Wildman–Crippen LogP) is 3.76. The molecule has 94 valence electrons. The topological polar surface area (TPSA) is 46.5 Å². The Morgan fingerprint density at radius 3 is 2.83 bits per heavy atom. The van der Waals surface area contributed by atoms with Crippen LogP contribution in [0.1, 0.15) is 12.0 Å². The van der Waals surface area contributed by atoms with Crippen LogP contribution >= 0.6 is 23.2 Å². The first-order valence-electron chi connectivity index (χ1n) is 5.28. The highest BCUT2D eigenvalue weighted by molar-refractivity contribution is 6.35. The molecule has 1 aliphatic heterocycles. The van der Waals surface area contributed by atoms with Gasteiger partial charge in [-0.1, -0.05) is 35.3 Å². The standard InChI is InChI=1S/C13H10Cl2O3/c14-9-3-1-8(12(15)5-9)2-4-11-6-10(16)7-13(17)18-11/h1-5,7,11,16H,6H2/b4-2+. The second-order valence-electron chi connectivity index (χ2n) is 3.84. The van der Waals surface area contributed by atoms with Crippen LogP contribution in [0.15, 0.2) is 36.1 Å². The van der Waals surface area contributed by atoms with Gasteiger partial charge in [-0.15, -0.1) is 0 Å². The van der Waals surface area contributed by atoms with E-state index >= 15 is 0 Å². The quantitative estimate of drug-likeness (QED) is 0.841. The van der Waals surface area contributed by atoms with Gasteiger partial charge in [-0.05, 0) is 23.8 Å². The monoisotopic (exact) mass is 284 g/mol. The van der Waals surface area contributed by atoms with Gasteiger partial charge in [-0.3, -0.25) is 0 Å². The highest BCUT2D eigenvalue weighted by Gasteiger charge is 2.18. The molecule has 0 aromatic heterocycles. The fraction of sp³-hybridized carbons (Fsp3) is 0.154. The number of carbonyl (C=O) groups is 1. The number of esters is 1. The fourth-order valence-corrected chi connectivity index (χ4v) is 2.05. The summed E-state index contributed by atoms with van der Waals surface area (Å²) in [4.78, 5) is 11.1. The normalized spacial score (nSPS) is 19.8. The average molecular weight is 285 g/mol. The van der Waals surface area contributed by atoms with E-state index in [9.17, 15) is 9.90 Å². The van der Waals surface area contributed by atoms with Crippen LogP contribution in [-0.4, -0.2) is 17.2 Å². The summed E-state index contributed by atoms with van der Waals surface area (Å²) in [6, 6.07) is 5.12. The third-order valence-corrected chi connectivity index (χ3v) is 2.98. The van der Waals surface area contributed by atoms with Crippen molar-refractivity contribution in [3.8, 4) is 0 Å². The van der Waals surface area contributed by atoms with Crippen molar-refractivity contribution in [2.75, 3.05) is 0 Å². The summed E-state index contributed by atoms with van der Waals surface area (Å²) in [5.41, 5.74) is 0.770. The van der Waals surface area contributed by atoms with Crippen molar-refractivity contribution in [2.24, 2.45) is 0 Å². The van der Waals surface area contributed by atoms with Gasteiger partial charge in [0.05, 0.1) is 6.08 Å². The van der Waals surface area contributed by atoms with Crippen LogP contribution in [0.5, 0.6) is 0 Å². The molecule has 1 unspecified atom stereocenters. The van der Waals surface area contributed by atoms with Gasteiger partial charge in [0.1, 0.15) is 11.9 Å². The molecule has 1 aromatic carbocycles. The van der Waals surface area contributed by atoms with Gasteiger partial charge in [0, 0.05) is 16.5 Å². The van der Waals surface area contributed by atoms with Crippen molar-refractivity contribution in [2.45, 2.75) is 12.5 Å². The summed E-state index contributed by atoms with van der Waals surface area (Å²) in [7, 11) is 0. The maximum Gasteiger partial charge on any atom is 0.334 e. The van der Waals surface area contributed by atoms with Crippen LogP contribution in [0.3, 0.4) is 0 Å². The number of hydrogen-bond donors (Lipinski definition) is 1. The van der Waals surface area contributed by atoms with Crippen LogP contribution in [0.4, 0.5) is 0 Å². The van der Waals surface area contributed by atoms with E-state index in [0.717, 1.165) is 11.6 Å². The first-order valence-corrected chi connectivity index (χ1v) is 6.03. The molecule has 1 heterocycles. The van der Waals surface area contributed by atoms with Crippen LogP contribution < -0.4 is 0 Å². The number of aliphatic hydroxyl groups is 1. The lowest BCUT2D eigenvalue weighted by Crippen LogP contribution is -2.20. The zero-order valence-electron chi connectivity index (χ0n) is 9.27. The lowest BCUT2D eigenvalue weighted by Gasteiger charge is -2.17. The van der Waals surface area contributed by atoms with Crippen molar-refractivity contribution >= 4 is 35.2 Å². The summed E-state index contributed by atoms with van der Waals surface area (Å²) in [5.74, 6) is -0.529. The molecular weight excluding hydrogens is 275 g/mol. The van der Waals surface area contributed by atoms with Gasteiger partial charge >= 0.3 is 5.97 Å². The average Bonchev–Trinajstić information content (AvgIpc) is 2.26. The van der Waals surface area contributed by atoms with Crippen LogP contribution in [0.2, 0.25) is 10.0 Å². The largest absolute Gasteiger partial charge is 0.512 e. The predicted molar refractivity (Wildman–Crippen MR) is 70.7 cm³/mol. The van der Waals surface area contributed by atoms with E-state index in [1.807, 2.05) is 0 Å². The van der Waals surface area contributed by atoms with Gasteiger partial charge in [-0.25, -0.2) is 4.79 Å². The Hall–Kier alpha value is -1.45. The Kier molecular flexibility index (Phi) is 3.94. The van der Waals surface area contributed by atoms with Gasteiger partial charge in [-0.2, -0.15) is 0 Å². The van der Waals surface area contributed by atoms with Crippen LogP contribution in [0, 0.1) is 0 Å². The summed E-state index contributed by atoms with van der Waals surface area (Å²) < 4.78 is 5.01. The molecule has 0 aliphatic carbocycles. The highest BCUT2D eigenvalue weighted by atomic mass is 35.5. The van der Waals surface area contributed by atoms with E-state index in [1.54, 1.807) is 30.4 Å². The number of benzene rings is 1. The third kappa shape index (κ3) is 3.28. The Morgan fingerprint density at radius 1 is 1.39 bits per heavy atom. The minimum Gasteiger partial charge on any atom is -0.512 e. The molecule has 0 amide bonds. The van der Waals surface area contributed by atoms with Gasteiger partial charge in [0.2, 0.25) is 0 Å². The Morgan fingerprint density at radius 2 is 2.17 bits per heavy atom. The number of cyclic esters (lactones) is 1. The van der Waals surface area contributed by atoms with Crippen molar-refractivity contribution in [1.29, 1.82) is 0 Å². The lowest BCUT2D eigenvalue weighted by atomic mass is 10.1. The number of carbonyl (C=O) groups excluding carboxylic acids is 1. The molecular formula is C13H10Cl2O3. The van der Waals surface area contributed by atoms with E-state index in [0.29, 0.717) is 10.0 Å². The second kappa shape index (κ2) is 5.46. The minimum absolute atomic E-state index is 0.0168. The summed E-state index contributed by atoms with van der Waals surface area (Å²) >= 11 is 11.8. The zero-order chi connectivity index (χ0) is 13.1. The molecule has 0 bridgehead atoms. The molecule has 0 spiro atoms. The van der Waals surface area contributed by atoms with Crippen molar-refractivity contribution < 1.29 is 14.6 Å². The molecule has 3 nitrogen and oxygen atoms in total.